The van der Waals surface area contributed by atoms with E-state index in [9.17, 15) is 14.4 Å². The molecule has 0 aliphatic heterocycles. The molecule has 0 aliphatic rings. The summed E-state index contributed by atoms with van der Waals surface area (Å²) in [6.07, 6.45) is 48.2. The fraction of sp³-hybridized carbons (Fsp3) is 0.766. The number of carbonyl (C=O) groups is 3. The van der Waals surface area contributed by atoms with Gasteiger partial charge in [0, 0.05) is 19.3 Å². The first kappa shape index (κ1) is 50.4. The zero-order valence-corrected chi connectivity index (χ0v) is 34.8. The predicted octanol–water partition coefficient (Wildman–Crippen LogP) is 14.0. The summed E-state index contributed by atoms with van der Waals surface area (Å²) in [7, 11) is 0. The zero-order valence-electron chi connectivity index (χ0n) is 34.8. The largest absolute Gasteiger partial charge is 0.462 e. The lowest BCUT2D eigenvalue weighted by Gasteiger charge is -2.18. The van der Waals surface area contributed by atoms with Crippen LogP contribution >= 0.6 is 0 Å². The molecule has 0 aliphatic carbocycles. The lowest BCUT2D eigenvalue weighted by atomic mass is 10.1. The van der Waals surface area contributed by atoms with E-state index in [2.05, 4.69) is 63.3 Å². The van der Waals surface area contributed by atoms with Gasteiger partial charge in [0.25, 0.3) is 0 Å². The lowest BCUT2D eigenvalue weighted by Crippen LogP contribution is -2.30. The predicted molar refractivity (Wildman–Crippen MR) is 224 cm³/mol. The summed E-state index contributed by atoms with van der Waals surface area (Å²) in [5, 5.41) is 0. The van der Waals surface area contributed by atoms with E-state index in [1.807, 2.05) is 6.08 Å². The number of ether oxygens (including phenoxy) is 3. The van der Waals surface area contributed by atoms with Gasteiger partial charge in [0.1, 0.15) is 13.2 Å². The van der Waals surface area contributed by atoms with Crippen LogP contribution in [0.3, 0.4) is 0 Å². The van der Waals surface area contributed by atoms with E-state index in [-0.39, 0.29) is 44.0 Å². The van der Waals surface area contributed by atoms with Crippen molar-refractivity contribution in [3.8, 4) is 0 Å². The Morgan fingerprint density at radius 1 is 0.396 bits per heavy atom. The van der Waals surface area contributed by atoms with Gasteiger partial charge in [0.15, 0.2) is 6.10 Å². The van der Waals surface area contributed by atoms with E-state index in [0.29, 0.717) is 12.8 Å². The molecular weight excluding hydrogens is 661 g/mol. The van der Waals surface area contributed by atoms with Crippen molar-refractivity contribution in [2.75, 3.05) is 13.2 Å². The molecule has 0 amide bonds. The monoisotopic (exact) mass is 743 g/mol. The number of allylic oxidation sites excluding steroid dienone is 8. The third-order valence-electron chi connectivity index (χ3n) is 9.35. The van der Waals surface area contributed by atoms with Crippen LogP contribution in [0.1, 0.15) is 213 Å². The highest BCUT2D eigenvalue weighted by atomic mass is 16.6. The van der Waals surface area contributed by atoms with Crippen LogP contribution in [0.4, 0.5) is 0 Å². The average Bonchev–Trinajstić information content (AvgIpc) is 3.15. The smallest absolute Gasteiger partial charge is 0.306 e. The second kappa shape index (κ2) is 42.1. The van der Waals surface area contributed by atoms with E-state index in [0.717, 1.165) is 64.2 Å². The molecule has 0 saturated carbocycles. The maximum atomic E-state index is 12.7. The van der Waals surface area contributed by atoms with Gasteiger partial charge in [0.2, 0.25) is 0 Å². The zero-order chi connectivity index (χ0) is 38.7. The first-order valence-electron chi connectivity index (χ1n) is 22.2. The Morgan fingerprint density at radius 2 is 0.792 bits per heavy atom. The first-order chi connectivity index (χ1) is 26.0. The van der Waals surface area contributed by atoms with Gasteiger partial charge < -0.3 is 14.2 Å². The molecule has 306 valence electrons. The summed E-state index contributed by atoms with van der Waals surface area (Å²) in [5.74, 6) is -1.00. The first-order valence-corrected chi connectivity index (χ1v) is 22.2. The Balaban J connectivity index is 4.48. The van der Waals surface area contributed by atoms with Crippen LogP contribution in [0.2, 0.25) is 0 Å². The van der Waals surface area contributed by atoms with Crippen LogP contribution in [0.5, 0.6) is 0 Å². The Bertz CT molecular complexity index is 949. The van der Waals surface area contributed by atoms with Gasteiger partial charge in [-0.1, -0.05) is 185 Å². The van der Waals surface area contributed by atoms with Gasteiger partial charge in [-0.2, -0.15) is 0 Å². The van der Waals surface area contributed by atoms with E-state index < -0.39 is 6.10 Å². The van der Waals surface area contributed by atoms with Crippen LogP contribution in [0, 0.1) is 0 Å². The minimum Gasteiger partial charge on any atom is -0.462 e. The molecule has 0 aromatic carbocycles. The minimum atomic E-state index is -0.803. The van der Waals surface area contributed by atoms with E-state index >= 15 is 0 Å². The van der Waals surface area contributed by atoms with Crippen molar-refractivity contribution in [1.82, 2.24) is 0 Å². The number of hydrogen-bond acceptors (Lipinski definition) is 6. The maximum Gasteiger partial charge on any atom is 0.306 e. The van der Waals surface area contributed by atoms with Gasteiger partial charge in [-0.05, 0) is 57.8 Å². The molecule has 0 N–H and O–H groups in total. The minimum absolute atomic E-state index is 0.0998. The molecule has 0 heterocycles. The van der Waals surface area contributed by atoms with Crippen molar-refractivity contribution in [3.05, 3.63) is 48.6 Å². The van der Waals surface area contributed by atoms with Crippen LogP contribution in [0.25, 0.3) is 0 Å². The standard InChI is InChI=1S/C47H82O6/c1-4-7-10-13-16-19-22-23-26-28-31-34-37-40-46(49)52-43-44(53-47(50)41-38-35-32-29-25-21-18-15-12-9-6-3)42-51-45(48)39-36-33-30-27-24-20-17-14-11-8-5-2/h15,18,21,23,25-26,31,34,44H,4-14,16-17,19-20,22,24,27-30,32-33,35-43H2,1-3H3/b18-15-,25-21-,26-23-,34-31-. The average molecular weight is 743 g/mol. The highest BCUT2D eigenvalue weighted by Crippen LogP contribution is 2.13. The molecule has 6 nitrogen and oxygen atoms in total. The summed E-state index contributed by atoms with van der Waals surface area (Å²) < 4.78 is 16.6. The fourth-order valence-corrected chi connectivity index (χ4v) is 5.94. The van der Waals surface area contributed by atoms with Crippen molar-refractivity contribution in [3.63, 3.8) is 0 Å². The third kappa shape index (κ3) is 40.4. The molecule has 0 rings (SSSR count). The Labute approximate surface area is 327 Å². The molecule has 0 bridgehead atoms. The van der Waals surface area contributed by atoms with Crippen LogP contribution in [-0.4, -0.2) is 37.2 Å². The molecule has 0 fully saturated rings. The summed E-state index contributed by atoms with van der Waals surface area (Å²) in [6.45, 7) is 6.47. The van der Waals surface area contributed by atoms with Crippen molar-refractivity contribution in [2.24, 2.45) is 0 Å². The SMILES string of the molecule is CCCC/C=C\C=C/CCCCCC(=O)OC(COC(=O)CC/C=C\C/C=C\CCCCCCCC)COC(=O)CCCCCCCCCCCCC. The number of unbranched alkanes of at least 4 members (excludes halogenated alkanes) is 21. The van der Waals surface area contributed by atoms with Gasteiger partial charge in [-0.15, -0.1) is 0 Å². The van der Waals surface area contributed by atoms with Gasteiger partial charge >= 0.3 is 17.9 Å². The van der Waals surface area contributed by atoms with Crippen LogP contribution in [-0.2, 0) is 28.6 Å². The number of carbonyl (C=O) groups excluding carboxylic acids is 3. The summed E-state index contributed by atoms with van der Waals surface area (Å²) >= 11 is 0. The Hall–Kier alpha value is -2.63. The summed E-state index contributed by atoms with van der Waals surface area (Å²) in [4.78, 5) is 37.6. The molecule has 0 spiro atoms. The molecule has 0 radical (unpaired) electrons. The van der Waals surface area contributed by atoms with Crippen molar-refractivity contribution >= 4 is 17.9 Å². The van der Waals surface area contributed by atoms with E-state index in [1.54, 1.807) is 0 Å². The molecule has 0 aromatic heterocycles. The number of rotatable bonds is 39. The molecule has 1 atom stereocenters. The molecule has 0 aromatic rings. The summed E-state index contributed by atoms with van der Waals surface area (Å²) in [5.41, 5.74) is 0. The Kier molecular flexibility index (Phi) is 40.0. The van der Waals surface area contributed by atoms with Crippen molar-refractivity contribution in [1.29, 1.82) is 0 Å². The highest BCUT2D eigenvalue weighted by Gasteiger charge is 2.19. The summed E-state index contributed by atoms with van der Waals surface area (Å²) in [6, 6.07) is 0. The van der Waals surface area contributed by atoms with Crippen LogP contribution in [0.15, 0.2) is 48.6 Å². The second-order valence-corrected chi connectivity index (χ2v) is 14.6. The fourth-order valence-electron chi connectivity index (χ4n) is 5.94. The quantitative estimate of drug-likeness (QED) is 0.0205. The van der Waals surface area contributed by atoms with E-state index in [4.69, 9.17) is 14.2 Å². The van der Waals surface area contributed by atoms with Gasteiger partial charge in [0.05, 0.1) is 0 Å². The van der Waals surface area contributed by atoms with Crippen molar-refractivity contribution < 1.29 is 28.6 Å². The Morgan fingerprint density at radius 3 is 1.34 bits per heavy atom. The van der Waals surface area contributed by atoms with E-state index in [1.165, 1.54) is 103 Å². The maximum absolute atomic E-state index is 12.7. The molecular formula is C47H82O6. The third-order valence-corrected chi connectivity index (χ3v) is 9.35. The highest BCUT2D eigenvalue weighted by molar-refractivity contribution is 5.71. The normalized spacial score (nSPS) is 12.4. The second-order valence-electron chi connectivity index (χ2n) is 14.6. The van der Waals surface area contributed by atoms with Crippen LogP contribution < -0.4 is 0 Å². The van der Waals surface area contributed by atoms with Gasteiger partial charge in [-0.25, -0.2) is 0 Å². The topological polar surface area (TPSA) is 78.9 Å². The lowest BCUT2D eigenvalue weighted by molar-refractivity contribution is -0.166. The van der Waals surface area contributed by atoms with Gasteiger partial charge in [-0.3, -0.25) is 14.4 Å². The molecule has 1 unspecified atom stereocenters. The number of hydrogen-bond donors (Lipinski definition) is 0. The molecule has 0 saturated heterocycles. The van der Waals surface area contributed by atoms with Crippen molar-refractivity contribution in [2.45, 2.75) is 219 Å². The molecule has 53 heavy (non-hydrogen) atoms. The number of esters is 3. The molecule has 6 heteroatoms.